The molecule has 0 atom stereocenters. The fraction of sp³-hybridized carbons (Fsp3) is 0.250. The van der Waals surface area contributed by atoms with Crippen LogP contribution in [0, 0.1) is 0 Å². The Balaban J connectivity index is 1.51. The molecule has 3 aromatic carbocycles. The monoisotopic (exact) mass is 454 g/mol. The third-order valence-corrected chi connectivity index (χ3v) is 5.84. The van der Waals surface area contributed by atoms with E-state index >= 15 is 0 Å². The maximum atomic E-state index is 13.4. The molecule has 0 saturated heterocycles. The van der Waals surface area contributed by atoms with Gasteiger partial charge in [-0.15, -0.1) is 0 Å². The molecule has 6 nitrogen and oxygen atoms in total. The van der Waals surface area contributed by atoms with Gasteiger partial charge in [-0.25, -0.2) is 4.98 Å². The highest BCUT2D eigenvalue weighted by Gasteiger charge is 2.21. The summed E-state index contributed by atoms with van der Waals surface area (Å²) in [4.78, 5) is 32.5. The van der Waals surface area contributed by atoms with Gasteiger partial charge < -0.3 is 14.8 Å². The van der Waals surface area contributed by atoms with Crippen molar-refractivity contribution in [2.75, 3.05) is 6.54 Å². The quantitative estimate of drug-likeness (QED) is 0.406. The van der Waals surface area contributed by atoms with E-state index in [2.05, 4.69) is 5.32 Å². The third kappa shape index (κ3) is 5.52. The molecule has 0 unspecified atom stereocenters. The van der Waals surface area contributed by atoms with E-state index in [0.29, 0.717) is 25.1 Å². The van der Waals surface area contributed by atoms with E-state index < -0.39 is 0 Å². The molecule has 0 aliphatic rings. The summed E-state index contributed by atoms with van der Waals surface area (Å²) in [5.74, 6) is 0.705. The molecule has 34 heavy (non-hydrogen) atoms. The Hall–Kier alpha value is -3.93. The fourth-order valence-electron chi connectivity index (χ4n) is 4.04. The topological polar surface area (TPSA) is 67.2 Å². The van der Waals surface area contributed by atoms with Gasteiger partial charge in [-0.3, -0.25) is 9.59 Å². The maximum absolute atomic E-state index is 13.4. The number of nitrogens with one attached hydrogen (secondary N) is 1. The van der Waals surface area contributed by atoms with Gasteiger partial charge in [-0.05, 0) is 43.7 Å². The summed E-state index contributed by atoms with van der Waals surface area (Å²) in [6.07, 6.45) is 0.529. The lowest BCUT2D eigenvalue weighted by Gasteiger charge is -2.27. The highest BCUT2D eigenvalue weighted by atomic mass is 16.2. The molecule has 4 aromatic rings. The number of amides is 2. The number of benzene rings is 3. The highest BCUT2D eigenvalue weighted by molar-refractivity contribution is 5.94. The number of imidazole rings is 1. The summed E-state index contributed by atoms with van der Waals surface area (Å²) >= 11 is 0. The second kappa shape index (κ2) is 10.8. The van der Waals surface area contributed by atoms with Crippen molar-refractivity contribution in [3.05, 3.63) is 102 Å². The largest absolute Gasteiger partial charge is 0.352 e. The Labute approximate surface area is 200 Å². The Kier molecular flexibility index (Phi) is 7.38. The van der Waals surface area contributed by atoms with Gasteiger partial charge in [0.15, 0.2) is 0 Å². The zero-order chi connectivity index (χ0) is 23.9. The summed E-state index contributed by atoms with van der Waals surface area (Å²) in [6, 6.07) is 27.1. The smallest absolute Gasteiger partial charge is 0.251 e. The zero-order valence-corrected chi connectivity index (χ0v) is 19.6. The summed E-state index contributed by atoms with van der Waals surface area (Å²) in [6.45, 7) is 5.27. The molecule has 1 N–H and O–H groups in total. The average molecular weight is 455 g/mol. The van der Waals surface area contributed by atoms with Crippen molar-refractivity contribution in [2.24, 2.45) is 0 Å². The first-order valence-corrected chi connectivity index (χ1v) is 11.6. The van der Waals surface area contributed by atoms with Gasteiger partial charge in [0, 0.05) is 31.1 Å². The van der Waals surface area contributed by atoms with Crippen LogP contribution in [0.15, 0.2) is 84.9 Å². The molecule has 0 aliphatic heterocycles. The molecule has 0 fully saturated rings. The lowest BCUT2D eigenvalue weighted by molar-refractivity contribution is -0.134. The molecule has 2 amide bonds. The maximum Gasteiger partial charge on any atom is 0.251 e. The summed E-state index contributed by atoms with van der Waals surface area (Å²) < 4.78 is 1.98. The van der Waals surface area contributed by atoms with E-state index in [4.69, 9.17) is 4.98 Å². The van der Waals surface area contributed by atoms with Crippen LogP contribution < -0.4 is 5.32 Å². The van der Waals surface area contributed by atoms with Gasteiger partial charge in [0.2, 0.25) is 5.91 Å². The molecule has 0 radical (unpaired) electrons. The van der Waals surface area contributed by atoms with E-state index in [0.717, 1.165) is 22.4 Å². The molecule has 1 heterocycles. The number of carbonyl (C=O) groups excluding carboxylic acids is 2. The van der Waals surface area contributed by atoms with Crippen LogP contribution in [0.3, 0.4) is 0 Å². The lowest BCUT2D eigenvalue weighted by atomic mass is 10.2. The van der Waals surface area contributed by atoms with Crippen LogP contribution in [0.4, 0.5) is 0 Å². The summed E-state index contributed by atoms with van der Waals surface area (Å²) in [7, 11) is 0. The molecule has 0 spiro atoms. The van der Waals surface area contributed by atoms with E-state index in [-0.39, 0.29) is 24.4 Å². The molecule has 0 bridgehead atoms. The molecule has 0 saturated carbocycles. The van der Waals surface area contributed by atoms with Crippen molar-refractivity contribution >= 4 is 22.8 Å². The first-order chi connectivity index (χ1) is 16.5. The predicted octanol–water partition coefficient (Wildman–Crippen LogP) is 4.45. The zero-order valence-electron chi connectivity index (χ0n) is 19.6. The SMILES string of the molecule is CC(C)N(Cc1ccccc1)C(=O)Cn1c(CCNC(=O)c2ccccc2)nc2ccccc21. The minimum Gasteiger partial charge on any atom is -0.352 e. The molecule has 1 aromatic heterocycles. The Bertz CT molecular complexity index is 1250. The van der Waals surface area contributed by atoms with Gasteiger partial charge in [0.25, 0.3) is 5.91 Å². The number of nitrogens with zero attached hydrogens (tertiary/aromatic N) is 3. The van der Waals surface area contributed by atoms with Crippen molar-refractivity contribution < 1.29 is 9.59 Å². The first kappa shape index (κ1) is 23.2. The van der Waals surface area contributed by atoms with Crippen molar-refractivity contribution in [3.63, 3.8) is 0 Å². The minimum atomic E-state index is -0.117. The molecule has 0 aliphatic carbocycles. The van der Waals surface area contributed by atoms with Gasteiger partial charge in [0.1, 0.15) is 12.4 Å². The van der Waals surface area contributed by atoms with E-state index in [1.807, 2.05) is 96.1 Å². The second-order valence-electron chi connectivity index (χ2n) is 8.58. The Morgan fingerprint density at radius 1 is 0.912 bits per heavy atom. The number of fused-ring (bicyclic) bond motifs is 1. The Morgan fingerprint density at radius 3 is 2.26 bits per heavy atom. The van der Waals surface area contributed by atoms with E-state index in [9.17, 15) is 9.59 Å². The summed E-state index contributed by atoms with van der Waals surface area (Å²) in [5.41, 5.74) is 3.49. The first-order valence-electron chi connectivity index (χ1n) is 11.6. The molecular weight excluding hydrogens is 424 g/mol. The van der Waals surface area contributed by atoms with Crippen LogP contribution >= 0.6 is 0 Å². The fourth-order valence-corrected chi connectivity index (χ4v) is 4.04. The van der Waals surface area contributed by atoms with Crippen LogP contribution in [0.25, 0.3) is 11.0 Å². The Morgan fingerprint density at radius 2 is 1.56 bits per heavy atom. The number of carbonyl (C=O) groups is 2. The van der Waals surface area contributed by atoms with Gasteiger partial charge >= 0.3 is 0 Å². The van der Waals surface area contributed by atoms with Crippen LogP contribution in [-0.2, 0) is 24.3 Å². The number of para-hydroxylation sites is 2. The van der Waals surface area contributed by atoms with Crippen LogP contribution in [0.1, 0.15) is 35.6 Å². The van der Waals surface area contributed by atoms with E-state index in [1.165, 1.54) is 0 Å². The van der Waals surface area contributed by atoms with Crippen molar-refractivity contribution in [1.82, 2.24) is 19.8 Å². The minimum absolute atomic E-state index is 0.0385. The van der Waals surface area contributed by atoms with Crippen molar-refractivity contribution in [3.8, 4) is 0 Å². The van der Waals surface area contributed by atoms with Gasteiger partial charge in [-0.2, -0.15) is 0 Å². The number of hydrogen-bond donors (Lipinski definition) is 1. The summed E-state index contributed by atoms with van der Waals surface area (Å²) in [5, 5.41) is 2.96. The molecule has 4 rings (SSSR count). The predicted molar refractivity (Wildman–Crippen MR) is 134 cm³/mol. The second-order valence-corrected chi connectivity index (χ2v) is 8.58. The number of hydrogen-bond acceptors (Lipinski definition) is 3. The van der Waals surface area contributed by atoms with Crippen molar-refractivity contribution in [2.45, 2.75) is 39.4 Å². The van der Waals surface area contributed by atoms with Crippen LogP contribution in [-0.4, -0.2) is 38.9 Å². The molecule has 174 valence electrons. The highest BCUT2D eigenvalue weighted by Crippen LogP contribution is 2.18. The number of rotatable bonds is 9. The third-order valence-electron chi connectivity index (χ3n) is 5.84. The van der Waals surface area contributed by atoms with Gasteiger partial charge in [0.05, 0.1) is 11.0 Å². The lowest BCUT2D eigenvalue weighted by Crippen LogP contribution is -2.39. The van der Waals surface area contributed by atoms with Gasteiger partial charge in [-0.1, -0.05) is 60.7 Å². The van der Waals surface area contributed by atoms with Crippen molar-refractivity contribution in [1.29, 1.82) is 0 Å². The van der Waals surface area contributed by atoms with E-state index in [1.54, 1.807) is 12.1 Å². The normalized spacial score (nSPS) is 11.0. The average Bonchev–Trinajstić information content (AvgIpc) is 3.20. The molecular formula is C28H30N4O2. The molecule has 6 heteroatoms. The van der Waals surface area contributed by atoms with Crippen LogP contribution in [0.2, 0.25) is 0 Å². The standard InChI is InChI=1S/C28H30N4O2/c1-21(2)31(19-22-11-5-3-6-12-22)27(33)20-32-25-16-10-9-15-24(25)30-26(32)17-18-29-28(34)23-13-7-4-8-14-23/h3-16,21H,17-20H2,1-2H3,(H,29,34). The number of aromatic nitrogens is 2. The van der Waals surface area contributed by atoms with Crippen LogP contribution in [0.5, 0.6) is 0 Å².